The second-order valence-electron chi connectivity index (χ2n) is 5.47. The molecule has 0 spiro atoms. The van der Waals surface area contributed by atoms with E-state index in [2.05, 4.69) is 10.3 Å². The predicted octanol–water partition coefficient (Wildman–Crippen LogP) is 2.85. The minimum Gasteiger partial charge on any atom is -0.495 e. The standard InChI is InChI=1S/C18H23N3O4S2/c1-4-21(5-2)27(23,24)15-6-7-17(25-3)16(12-15)20-18(22)13-26-14-8-10-19-11-9-14/h6-12H,4-5,13H2,1-3H3,(H,20,22). The van der Waals surface area contributed by atoms with Gasteiger partial charge in [-0.2, -0.15) is 4.31 Å². The zero-order valence-electron chi connectivity index (χ0n) is 15.5. The van der Waals surface area contributed by atoms with Crippen molar-refractivity contribution in [3.05, 3.63) is 42.7 Å². The Bertz CT molecular complexity index is 869. The molecule has 0 bridgehead atoms. The normalized spacial score (nSPS) is 11.4. The van der Waals surface area contributed by atoms with Gasteiger partial charge in [-0.1, -0.05) is 13.8 Å². The SMILES string of the molecule is CCN(CC)S(=O)(=O)c1ccc(OC)c(NC(=O)CSc2ccncc2)c1. The summed E-state index contributed by atoms with van der Waals surface area (Å²) in [4.78, 5) is 17.3. The van der Waals surface area contributed by atoms with Gasteiger partial charge in [0.05, 0.1) is 23.4 Å². The number of carbonyl (C=O) groups excluding carboxylic acids is 1. The van der Waals surface area contributed by atoms with Gasteiger partial charge in [0.15, 0.2) is 0 Å². The zero-order valence-corrected chi connectivity index (χ0v) is 17.1. The van der Waals surface area contributed by atoms with Crippen LogP contribution in [0.1, 0.15) is 13.8 Å². The molecule has 1 aromatic heterocycles. The number of methoxy groups -OCH3 is 1. The first-order valence-electron chi connectivity index (χ1n) is 8.43. The lowest BCUT2D eigenvalue weighted by Gasteiger charge is -2.19. The highest BCUT2D eigenvalue weighted by atomic mass is 32.2. The molecule has 1 N–H and O–H groups in total. The molecule has 2 aromatic rings. The van der Waals surface area contributed by atoms with Gasteiger partial charge in [-0.05, 0) is 30.3 Å². The van der Waals surface area contributed by atoms with Crippen molar-refractivity contribution in [2.24, 2.45) is 0 Å². The van der Waals surface area contributed by atoms with Gasteiger partial charge in [0.2, 0.25) is 15.9 Å². The van der Waals surface area contributed by atoms with Crippen molar-refractivity contribution in [1.29, 1.82) is 0 Å². The number of aromatic nitrogens is 1. The maximum Gasteiger partial charge on any atom is 0.243 e. The summed E-state index contributed by atoms with van der Waals surface area (Å²) < 4.78 is 32.0. The van der Waals surface area contributed by atoms with Gasteiger partial charge in [-0.15, -0.1) is 11.8 Å². The van der Waals surface area contributed by atoms with Gasteiger partial charge in [0.1, 0.15) is 5.75 Å². The quantitative estimate of drug-likeness (QED) is 0.641. The van der Waals surface area contributed by atoms with Crippen LogP contribution in [0, 0.1) is 0 Å². The second kappa shape index (κ2) is 9.72. The third-order valence-corrected chi connectivity index (χ3v) is 6.87. The minimum absolute atomic E-state index is 0.115. The highest BCUT2D eigenvalue weighted by Crippen LogP contribution is 2.29. The first-order chi connectivity index (χ1) is 12.9. The molecule has 0 radical (unpaired) electrons. The molecule has 1 heterocycles. The summed E-state index contributed by atoms with van der Waals surface area (Å²) in [6.07, 6.45) is 3.32. The Kier molecular flexibility index (Phi) is 7.64. The average molecular weight is 410 g/mol. The van der Waals surface area contributed by atoms with Gasteiger partial charge in [0, 0.05) is 30.4 Å². The smallest absolute Gasteiger partial charge is 0.243 e. The predicted molar refractivity (Wildman–Crippen MR) is 107 cm³/mol. The van der Waals surface area contributed by atoms with Crippen LogP contribution < -0.4 is 10.1 Å². The number of nitrogens with one attached hydrogen (secondary N) is 1. The number of pyridine rings is 1. The van der Waals surface area contributed by atoms with Gasteiger partial charge in [-0.3, -0.25) is 9.78 Å². The monoisotopic (exact) mass is 409 g/mol. The molecule has 0 atom stereocenters. The molecule has 1 aromatic carbocycles. The molecule has 0 unspecified atom stereocenters. The maximum atomic E-state index is 12.7. The first kappa shape index (κ1) is 21.2. The number of hydrogen-bond acceptors (Lipinski definition) is 6. The zero-order chi connectivity index (χ0) is 19.9. The van der Waals surface area contributed by atoms with Crippen LogP contribution in [0.2, 0.25) is 0 Å². The molecule has 0 aliphatic heterocycles. The lowest BCUT2D eigenvalue weighted by atomic mass is 10.3. The van der Waals surface area contributed by atoms with Crippen LogP contribution in [-0.2, 0) is 14.8 Å². The second-order valence-corrected chi connectivity index (χ2v) is 8.46. The number of thioether (sulfide) groups is 1. The van der Waals surface area contributed by atoms with E-state index in [0.717, 1.165) is 4.90 Å². The lowest BCUT2D eigenvalue weighted by molar-refractivity contribution is -0.113. The molecule has 0 saturated carbocycles. The largest absolute Gasteiger partial charge is 0.495 e. The molecule has 9 heteroatoms. The molecule has 146 valence electrons. The van der Waals surface area contributed by atoms with Gasteiger partial charge >= 0.3 is 0 Å². The molecule has 0 aliphatic carbocycles. The van der Waals surface area contributed by atoms with Crippen molar-refractivity contribution in [3.8, 4) is 5.75 Å². The Morgan fingerprint density at radius 3 is 2.44 bits per heavy atom. The van der Waals surface area contributed by atoms with E-state index in [9.17, 15) is 13.2 Å². The topological polar surface area (TPSA) is 88.6 Å². The number of hydrogen-bond donors (Lipinski definition) is 1. The third-order valence-electron chi connectivity index (χ3n) is 3.81. The van der Waals surface area contributed by atoms with Crippen LogP contribution in [0.4, 0.5) is 5.69 Å². The van der Waals surface area contributed by atoms with Crippen molar-refractivity contribution >= 4 is 33.4 Å². The van der Waals surface area contributed by atoms with E-state index in [0.29, 0.717) is 24.5 Å². The van der Waals surface area contributed by atoms with Gasteiger partial charge in [-0.25, -0.2) is 8.42 Å². The summed E-state index contributed by atoms with van der Waals surface area (Å²) in [6, 6.07) is 8.09. The Labute approximate surface area is 164 Å². The minimum atomic E-state index is -3.63. The van der Waals surface area contributed by atoms with E-state index < -0.39 is 10.0 Å². The molecule has 0 saturated heterocycles. The van der Waals surface area contributed by atoms with E-state index in [1.165, 1.54) is 35.3 Å². The van der Waals surface area contributed by atoms with Crippen molar-refractivity contribution in [1.82, 2.24) is 9.29 Å². The summed E-state index contributed by atoms with van der Waals surface area (Å²) in [7, 11) is -2.16. The number of ether oxygens (including phenoxy) is 1. The molecule has 2 rings (SSSR count). The number of carbonyl (C=O) groups is 1. The van der Waals surface area contributed by atoms with E-state index in [1.54, 1.807) is 32.3 Å². The van der Waals surface area contributed by atoms with Crippen LogP contribution in [0.25, 0.3) is 0 Å². The van der Waals surface area contributed by atoms with Gasteiger partial charge < -0.3 is 10.1 Å². The number of sulfonamides is 1. The van der Waals surface area contributed by atoms with E-state index in [4.69, 9.17) is 4.74 Å². The molecule has 0 fully saturated rings. The van der Waals surface area contributed by atoms with Crippen molar-refractivity contribution in [3.63, 3.8) is 0 Å². The van der Waals surface area contributed by atoms with Crippen LogP contribution in [0.15, 0.2) is 52.5 Å². The molecular formula is C18H23N3O4S2. The van der Waals surface area contributed by atoms with Crippen molar-refractivity contribution < 1.29 is 17.9 Å². The van der Waals surface area contributed by atoms with Crippen LogP contribution in [0.3, 0.4) is 0 Å². The molecule has 27 heavy (non-hydrogen) atoms. The van der Waals surface area contributed by atoms with Crippen molar-refractivity contribution in [2.45, 2.75) is 23.6 Å². The fraction of sp³-hybridized carbons (Fsp3) is 0.333. The van der Waals surface area contributed by atoms with Crippen LogP contribution in [-0.4, -0.2) is 49.6 Å². The van der Waals surface area contributed by atoms with Crippen LogP contribution in [0.5, 0.6) is 5.75 Å². The summed E-state index contributed by atoms with van der Waals surface area (Å²) >= 11 is 1.36. The summed E-state index contributed by atoms with van der Waals surface area (Å²) in [5, 5.41) is 2.74. The summed E-state index contributed by atoms with van der Waals surface area (Å²) in [5.41, 5.74) is 0.325. The third kappa shape index (κ3) is 5.44. The maximum absolute atomic E-state index is 12.7. The molecule has 0 aliphatic rings. The number of nitrogens with zero attached hydrogens (tertiary/aromatic N) is 2. The van der Waals surface area contributed by atoms with Crippen LogP contribution >= 0.6 is 11.8 Å². The van der Waals surface area contributed by atoms with E-state index >= 15 is 0 Å². The van der Waals surface area contributed by atoms with Crippen molar-refractivity contribution in [2.75, 3.05) is 31.3 Å². The molecule has 1 amide bonds. The fourth-order valence-corrected chi connectivity index (χ4v) is 4.60. The highest BCUT2D eigenvalue weighted by Gasteiger charge is 2.23. The Morgan fingerprint density at radius 1 is 1.19 bits per heavy atom. The Hall–Kier alpha value is -2.10. The number of rotatable bonds is 9. The summed E-state index contributed by atoms with van der Waals surface area (Å²) in [6.45, 7) is 4.30. The van der Waals surface area contributed by atoms with E-state index in [1.807, 2.05) is 12.1 Å². The van der Waals surface area contributed by atoms with Gasteiger partial charge in [0.25, 0.3) is 0 Å². The average Bonchev–Trinajstić information content (AvgIpc) is 2.68. The Balaban J connectivity index is 2.18. The first-order valence-corrected chi connectivity index (χ1v) is 10.9. The Morgan fingerprint density at radius 2 is 1.85 bits per heavy atom. The fourth-order valence-electron chi connectivity index (χ4n) is 2.43. The highest BCUT2D eigenvalue weighted by molar-refractivity contribution is 8.00. The number of amides is 1. The van der Waals surface area contributed by atoms with E-state index in [-0.39, 0.29) is 16.6 Å². The lowest BCUT2D eigenvalue weighted by Crippen LogP contribution is -2.30. The number of anilines is 1. The summed E-state index contributed by atoms with van der Waals surface area (Å²) in [5.74, 6) is 0.323. The molecule has 7 nitrogen and oxygen atoms in total. The molecular weight excluding hydrogens is 386 g/mol. The number of benzene rings is 1.